The van der Waals surface area contributed by atoms with Gasteiger partial charge in [-0.25, -0.2) is 0 Å². The lowest BCUT2D eigenvalue weighted by Crippen LogP contribution is -2.28. The maximum atomic E-state index is 6.39. The Balaban J connectivity index is 1.87. The second kappa shape index (κ2) is 13.2. The van der Waals surface area contributed by atoms with Crippen molar-refractivity contribution in [2.45, 2.75) is 72.4 Å². The van der Waals surface area contributed by atoms with Crippen molar-refractivity contribution in [2.75, 3.05) is 18.8 Å². The molecule has 0 fully saturated rings. The number of hydrogen-bond acceptors (Lipinski definition) is 3. The second-order valence-electron chi connectivity index (χ2n) is 12.9. The summed E-state index contributed by atoms with van der Waals surface area (Å²) < 4.78 is 11.8. The van der Waals surface area contributed by atoms with Crippen LogP contribution >= 0.6 is 8.58 Å². The molecule has 4 aromatic carbocycles. The summed E-state index contributed by atoms with van der Waals surface area (Å²) in [6.07, 6.45) is 0. The van der Waals surface area contributed by atoms with Crippen LogP contribution in [0.1, 0.15) is 69.4 Å². The van der Waals surface area contributed by atoms with E-state index in [0.29, 0.717) is 8.58 Å². The summed E-state index contributed by atoms with van der Waals surface area (Å²) >= 11 is 0. The standard InChI is InChI=1S/C37H46NO2P/c1-27-16-15-21-32(38(24-28-17-11-9-12-18-28)25-29-19-13-10-14-20-29)35(27)41-33-23-30(36(2,3)4)22-31(37(5,6)7)34(33)40-26-39-8/h9-23,41H,24-26H2,1-8H3. The highest BCUT2D eigenvalue weighted by atomic mass is 31.1. The Bertz CT molecular complexity index is 1380. The van der Waals surface area contributed by atoms with Crippen LogP contribution in [0.5, 0.6) is 5.75 Å². The smallest absolute Gasteiger partial charge is 0.188 e. The third-order valence-corrected chi connectivity index (χ3v) is 8.91. The van der Waals surface area contributed by atoms with Gasteiger partial charge in [-0.05, 0) is 52.1 Å². The molecule has 41 heavy (non-hydrogen) atoms. The molecule has 4 rings (SSSR count). The molecule has 0 spiro atoms. The number of ether oxygens (including phenoxy) is 2. The van der Waals surface area contributed by atoms with Crippen LogP contribution in [0.4, 0.5) is 5.69 Å². The summed E-state index contributed by atoms with van der Waals surface area (Å²) in [5.74, 6) is 0.956. The van der Waals surface area contributed by atoms with Gasteiger partial charge in [-0.2, -0.15) is 0 Å². The molecule has 0 heterocycles. The first-order valence-electron chi connectivity index (χ1n) is 14.5. The highest BCUT2D eigenvalue weighted by Crippen LogP contribution is 2.38. The van der Waals surface area contributed by atoms with Crippen LogP contribution < -0.4 is 20.2 Å². The van der Waals surface area contributed by atoms with Crippen molar-refractivity contribution in [3.63, 3.8) is 0 Å². The number of methoxy groups -OCH3 is 1. The maximum Gasteiger partial charge on any atom is 0.188 e. The molecular formula is C37H46NO2P. The van der Waals surface area contributed by atoms with E-state index in [0.717, 1.165) is 18.8 Å². The minimum Gasteiger partial charge on any atom is -0.467 e. The molecule has 3 nitrogen and oxygen atoms in total. The summed E-state index contributed by atoms with van der Waals surface area (Å²) in [6, 6.07) is 33.0. The molecule has 0 aliphatic carbocycles. The minimum absolute atomic E-state index is 0.0141. The van der Waals surface area contributed by atoms with Crippen LogP contribution in [-0.2, 0) is 28.7 Å². The minimum atomic E-state index is -0.0786. The molecule has 0 saturated carbocycles. The first-order chi connectivity index (χ1) is 19.5. The topological polar surface area (TPSA) is 21.7 Å². The Morgan fingerprint density at radius 2 is 1.29 bits per heavy atom. The number of benzene rings is 4. The van der Waals surface area contributed by atoms with E-state index >= 15 is 0 Å². The highest BCUT2D eigenvalue weighted by molar-refractivity contribution is 7.56. The molecule has 4 heteroatoms. The van der Waals surface area contributed by atoms with Crippen LogP contribution in [0.15, 0.2) is 91.0 Å². The van der Waals surface area contributed by atoms with Gasteiger partial charge < -0.3 is 14.4 Å². The third kappa shape index (κ3) is 8.00. The SMILES string of the molecule is COCOc1c(Pc2c(C)cccc2N(Cc2ccccc2)Cc2ccccc2)cc(C(C)(C)C)cc1C(C)(C)C. The van der Waals surface area contributed by atoms with E-state index in [4.69, 9.17) is 9.47 Å². The fourth-order valence-corrected chi connectivity index (χ4v) is 6.50. The van der Waals surface area contributed by atoms with Crippen LogP contribution in [0.2, 0.25) is 0 Å². The van der Waals surface area contributed by atoms with Crippen molar-refractivity contribution in [2.24, 2.45) is 0 Å². The van der Waals surface area contributed by atoms with Crippen molar-refractivity contribution < 1.29 is 9.47 Å². The van der Waals surface area contributed by atoms with Gasteiger partial charge in [0.1, 0.15) is 5.75 Å². The molecule has 0 amide bonds. The number of hydrogen-bond donors (Lipinski definition) is 0. The zero-order valence-corrected chi connectivity index (χ0v) is 27.0. The van der Waals surface area contributed by atoms with Gasteiger partial charge in [0, 0.05) is 42.1 Å². The van der Waals surface area contributed by atoms with Crippen LogP contribution in [0, 0.1) is 6.92 Å². The lowest BCUT2D eigenvalue weighted by atomic mass is 9.80. The van der Waals surface area contributed by atoms with Crippen molar-refractivity contribution in [3.05, 3.63) is 119 Å². The number of nitrogens with zero attached hydrogens (tertiary/aromatic N) is 1. The molecule has 216 valence electrons. The Labute approximate surface area is 249 Å². The van der Waals surface area contributed by atoms with E-state index in [1.807, 2.05) is 0 Å². The Hall–Kier alpha value is -3.13. The van der Waals surface area contributed by atoms with E-state index in [2.05, 4.69) is 144 Å². The highest BCUT2D eigenvalue weighted by Gasteiger charge is 2.27. The lowest BCUT2D eigenvalue weighted by Gasteiger charge is -2.31. The van der Waals surface area contributed by atoms with E-state index in [1.54, 1.807) is 7.11 Å². The van der Waals surface area contributed by atoms with Gasteiger partial charge in [0.25, 0.3) is 0 Å². The molecular weight excluding hydrogens is 521 g/mol. The number of rotatable bonds is 10. The Kier molecular flexibility index (Phi) is 9.95. The Morgan fingerprint density at radius 1 is 0.707 bits per heavy atom. The first kappa shape index (κ1) is 30.8. The fourth-order valence-electron chi connectivity index (χ4n) is 5.03. The third-order valence-electron chi connectivity index (χ3n) is 7.37. The average molecular weight is 568 g/mol. The molecule has 0 aliphatic rings. The molecule has 0 aliphatic heterocycles. The molecule has 0 saturated heterocycles. The fraction of sp³-hybridized carbons (Fsp3) is 0.351. The van der Waals surface area contributed by atoms with Gasteiger partial charge in [0.15, 0.2) is 6.79 Å². The monoisotopic (exact) mass is 567 g/mol. The van der Waals surface area contributed by atoms with E-state index < -0.39 is 0 Å². The summed E-state index contributed by atoms with van der Waals surface area (Å²) in [4.78, 5) is 2.52. The van der Waals surface area contributed by atoms with E-state index in [9.17, 15) is 0 Å². The Morgan fingerprint density at radius 3 is 1.80 bits per heavy atom. The van der Waals surface area contributed by atoms with Crippen LogP contribution in [0.3, 0.4) is 0 Å². The molecule has 1 unspecified atom stereocenters. The molecule has 0 aromatic heterocycles. The van der Waals surface area contributed by atoms with Crippen molar-refractivity contribution in [1.29, 1.82) is 0 Å². The molecule has 1 atom stereocenters. The summed E-state index contributed by atoms with van der Waals surface area (Å²) in [6.45, 7) is 17.8. The van der Waals surface area contributed by atoms with Gasteiger partial charge in [0.2, 0.25) is 0 Å². The summed E-state index contributed by atoms with van der Waals surface area (Å²) in [5.41, 5.74) is 7.65. The number of anilines is 1. The lowest BCUT2D eigenvalue weighted by molar-refractivity contribution is 0.0506. The van der Waals surface area contributed by atoms with Gasteiger partial charge in [-0.3, -0.25) is 0 Å². The average Bonchev–Trinajstić information content (AvgIpc) is 2.93. The van der Waals surface area contributed by atoms with Gasteiger partial charge in [-0.1, -0.05) is 129 Å². The van der Waals surface area contributed by atoms with E-state index in [-0.39, 0.29) is 17.6 Å². The van der Waals surface area contributed by atoms with Gasteiger partial charge in [0.05, 0.1) is 0 Å². The maximum absolute atomic E-state index is 6.39. The summed E-state index contributed by atoms with van der Waals surface area (Å²) in [5, 5.41) is 2.59. The largest absolute Gasteiger partial charge is 0.467 e. The number of aryl methyl sites for hydroxylation is 1. The quantitative estimate of drug-likeness (QED) is 0.142. The normalized spacial score (nSPS) is 12.2. The van der Waals surface area contributed by atoms with Crippen molar-refractivity contribution in [1.82, 2.24) is 0 Å². The van der Waals surface area contributed by atoms with Crippen molar-refractivity contribution in [3.8, 4) is 5.75 Å². The molecule has 0 N–H and O–H groups in total. The summed E-state index contributed by atoms with van der Waals surface area (Å²) in [7, 11) is 2.11. The molecule has 4 aromatic rings. The van der Waals surface area contributed by atoms with Gasteiger partial charge >= 0.3 is 0 Å². The van der Waals surface area contributed by atoms with Crippen molar-refractivity contribution >= 4 is 24.9 Å². The second-order valence-corrected chi connectivity index (χ2v) is 14.2. The molecule has 0 radical (unpaired) electrons. The molecule has 0 bridgehead atoms. The van der Waals surface area contributed by atoms with Crippen LogP contribution in [0.25, 0.3) is 0 Å². The predicted octanol–water partition coefficient (Wildman–Crippen LogP) is 8.41. The zero-order valence-electron chi connectivity index (χ0n) is 26.0. The predicted molar refractivity (Wildman–Crippen MR) is 178 cm³/mol. The van der Waals surface area contributed by atoms with Crippen LogP contribution in [-0.4, -0.2) is 13.9 Å². The first-order valence-corrected chi connectivity index (χ1v) is 15.5. The zero-order chi connectivity index (χ0) is 29.6. The van der Waals surface area contributed by atoms with Gasteiger partial charge in [-0.15, -0.1) is 0 Å². The van der Waals surface area contributed by atoms with E-state index in [1.165, 1.54) is 44.1 Å².